The highest BCUT2D eigenvalue weighted by molar-refractivity contribution is 5.96. The molecule has 0 radical (unpaired) electrons. The van der Waals surface area contributed by atoms with Gasteiger partial charge in [-0.3, -0.25) is 9.59 Å². The van der Waals surface area contributed by atoms with Gasteiger partial charge in [0.15, 0.2) is 0 Å². The Morgan fingerprint density at radius 3 is 2.81 bits per heavy atom. The minimum Gasteiger partial charge on any atom is -0.466 e. The first kappa shape index (κ1) is 15.5. The molecule has 4 nitrogen and oxygen atoms in total. The molecule has 4 heteroatoms. The normalized spacial score (nSPS) is 18.4. The molecule has 1 heterocycles. The van der Waals surface area contributed by atoms with Crippen molar-refractivity contribution in [3.05, 3.63) is 34.9 Å². The SMILES string of the molecule is CCOC(=O)[C@@H]1CCCN(C(=O)c2cccc(C)c2C)C1. The predicted octanol–water partition coefficient (Wildman–Crippen LogP) is 2.72. The second-order valence-corrected chi connectivity index (χ2v) is 5.59. The molecular weight excluding hydrogens is 266 g/mol. The first-order chi connectivity index (χ1) is 10.0. The van der Waals surface area contributed by atoms with Crippen LogP contribution < -0.4 is 0 Å². The van der Waals surface area contributed by atoms with Crippen LogP contribution in [-0.2, 0) is 9.53 Å². The molecule has 1 aliphatic rings. The number of aryl methyl sites for hydroxylation is 1. The summed E-state index contributed by atoms with van der Waals surface area (Å²) in [6.45, 7) is 7.34. The van der Waals surface area contributed by atoms with Gasteiger partial charge in [0.2, 0.25) is 0 Å². The number of nitrogens with zero attached hydrogens (tertiary/aromatic N) is 1. The predicted molar refractivity (Wildman–Crippen MR) is 81.2 cm³/mol. The molecule has 21 heavy (non-hydrogen) atoms. The maximum absolute atomic E-state index is 12.7. The van der Waals surface area contributed by atoms with Crippen LogP contribution in [0.25, 0.3) is 0 Å². The smallest absolute Gasteiger partial charge is 0.310 e. The fraction of sp³-hybridized carbons (Fsp3) is 0.529. The molecule has 0 spiro atoms. The number of rotatable bonds is 3. The van der Waals surface area contributed by atoms with Gasteiger partial charge in [0.05, 0.1) is 12.5 Å². The van der Waals surface area contributed by atoms with Gasteiger partial charge in [-0.05, 0) is 50.8 Å². The third-order valence-electron chi connectivity index (χ3n) is 4.16. The zero-order chi connectivity index (χ0) is 15.4. The summed E-state index contributed by atoms with van der Waals surface area (Å²) in [5, 5.41) is 0. The van der Waals surface area contributed by atoms with Gasteiger partial charge in [-0.2, -0.15) is 0 Å². The lowest BCUT2D eigenvalue weighted by atomic mass is 9.96. The zero-order valence-corrected chi connectivity index (χ0v) is 13.0. The minimum absolute atomic E-state index is 0.0187. The van der Waals surface area contributed by atoms with Gasteiger partial charge in [-0.1, -0.05) is 12.1 Å². The van der Waals surface area contributed by atoms with Crippen LogP contribution in [0.3, 0.4) is 0 Å². The van der Waals surface area contributed by atoms with Crippen LogP contribution in [0.15, 0.2) is 18.2 Å². The Hall–Kier alpha value is -1.84. The van der Waals surface area contributed by atoms with Gasteiger partial charge >= 0.3 is 5.97 Å². The summed E-state index contributed by atoms with van der Waals surface area (Å²) < 4.78 is 5.08. The van der Waals surface area contributed by atoms with E-state index in [-0.39, 0.29) is 17.8 Å². The molecule has 1 aromatic carbocycles. The number of piperidine rings is 1. The Bertz CT molecular complexity index is 539. The summed E-state index contributed by atoms with van der Waals surface area (Å²) >= 11 is 0. The number of benzene rings is 1. The highest BCUT2D eigenvalue weighted by atomic mass is 16.5. The summed E-state index contributed by atoms with van der Waals surface area (Å²) in [4.78, 5) is 26.3. The second kappa shape index (κ2) is 6.74. The summed E-state index contributed by atoms with van der Waals surface area (Å²) in [5.74, 6) is -0.353. The second-order valence-electron chi connectivity index (χ2n) is 5.59. The van der Waals surface area contributed by atoms with Crippen molar-refractivity contribution in [3.8, 4) is 0 Å². The molecule has 1 aromatic rings. The van der Waals surface area contributed by atoms with Gasteiger partial charge in [0.25, 0.3) is 5.91 Å². The molecule has 1 saturated heterocycles. The number of esters is 1. The average molecular weight is 289 g/mol. The molecule has 1 aliphatic heterocycles. The molecule has 0 unspecified atom stereocenters. The standard InChI is InChI=1S/C17H23NO3/c1-4-21-17(20)14-8-6-10-18(11-14)16(19)15-9-5-7-12(2)13(15)3/h5,7,9,14H,4,6,8,10-11H2,1-3H3/t14-/m1/s1. The highest BCUT2D eigenvalue weighted by Crippen LogP contribution is 2.22. The number of ether oxygens (including phenoxy) is 1. The van der Waals surface area contributed by atoms with Crippen molar-refractivity contribution in [1.29, 1.82) is 0 Å². The Kier molecular flexibility index (Phi) is 4.99. The third kappa shape index (κ3) is 3.43. The van der Waals surface area contributed by atoms with Crippen LogP contribution in [0.1, 0.15) is 41.3 Å². The maximum Gasteiger partial charge on any atom is 0.310 e. The fourth-order valence-electron chi connectivity index (χ4n) is 2.77. The first-order valence-corrected chi connectivity index (χ1v) is 7.56. The fourth-order valence-corrected chi connectivity index (χ4v) is 2.77. The van der Waals surface area contributed by atoms with Crippen molar-refractivity contribution in [2.45, 2.75) is 33.6 Å². The number of carbonyl (C=O) groups is 2. The monoisotopic (exact) mass is 289 g/mol. The van der Waals surface area contributed by atoms with E-state index in [1.165, 1.54) is 0 Å². The Labute approximate surface area is 126 Å². The van der Waals surface area contributed by atoms with Crippen LogP contribution in [0.5, 0.6) is 0 Å². The van der Waals surface area contributed by atoms with Crippen LogP contribution in [-0.4, -0.2) is 36.5 Å². The van der Waals surface area contributed by atoms with Crippen molar-refractivity contribution in [2.75, 3.05) is 19.7 Å². The number of hydrogen-bond acceptors (Lipinski definition) is 3. The van der Waals surface area contributed by atoms with Gasteiger partial charge in [0, 0.05) is 18.7 Å². The largest absolute Gasteiger partial charge is 0.466 e. The van der Waals surface area contributed by atoms with Crippen LogP contribution in [0.2, 0.25) is 0 Å². The number of likely N-dealkylation sites (tertiary alicyclic amines) is 1. The molecule has 114 valence electrons. The van der Waals surface area contributed by atoms with Gasteiger partial charge in [0.1, 0.15) is 0 Å². The topological polar surface area (TPSA) is 46.6 Å². The molecule has 1 amide bonds. The molecular formula is C17H23NO3. The van der Waals surface area contributed by atoms with E-state index in [9.17, 15) is 9.59 Å². The average Bonchev–Trinajstić information content (AvgIpc) is 2.50. The van der Waals surface area contributed by atoms with E-state index in [2.05, 4.69) is 0 Å². The van der Waals surface area contributed by atoms with Crippen molar-refractivity contribution in [3.63, 3.8) is 0 Å². The van der Waals surface area contributed by atoms with E-state index >= 15 is 0 Å². The van der Waals surface area contributed by atoms with Crippen molar-refractivity contribution < 1.29 is 14.3 Å². The molecule has 0 N–H and O–H groups in total. The van der Waals surface area contributed by atoms with E-state index in [0.29, 0.717) is 19.7 Å². The summed E-state index contributed by atoms with van der Waals surface area (Å²) in [6, 6.07) is 5.77. The third-order valence-corrected chi connectivity index (χ3v) is 4.16. The molecule has 1 atom stereocenters. The van der Waals surface area contributed by atoms with E-state index in [1.807, 2.05) is 32.0 Å². The first-order valence-electron chi connectivity index (χ1n) is 7.56. The molecule has 1 fully saturated rings. The lowest BCUT2D eigenvalue weighted by molar-refractivity contribution is -0.149. The van der Waals surface area contributed by atoms with Gasteiger partial charge < -0.3 is 9.64 Å². The van der Waals surface area contributed by atoms with E-state index in [4.69, 9.17) is 4.74 Å². The van der Waals surface area contributed by atoms with Crippen molar-refractivity contribution in [2.24, 2.45) is 5.92 Å². The molecule has 0 aromatic heterocycles. The van der Waals surface area contributed by atoms with Gasteiger partial charge in [-0.15, -0.1) is 0 Å². The lowest BCUT2D eigenvalue weighted by Gasteiger charge is -2.32. The van der Waals surface area contributed by atoms with Crippen LogP contribution in [0.4, 0.5) is 0 Å². The van der Waals surface area contributed by atoms with E-state index < -0.39 is 0 Å². The summed E-state index contributed by atoms with van der Waals surface area (Å²) in [6.07, 6.45) is 1.65. The maximum atomic E-state index is 12.7. The Balaban J connectivity index is 2.12. The van der Waals surface area contributed by atoms with Crippen molar-refractivity contribution in [1.82, 2.24) is 4.90 Å². The van der Waals surface area contributed by atoms with E-state index in [1.54, 1.807) is 11.8 Å². The summed E-state index contributed by atoms with van der Waals surface area (Å²) in [7, 11) is 0. The highest BCUT2D eigenvalue weighted by Gasteiger charge is 2.30. The van der Waals surface area contributed by atoms with E-state index in [0.717, 1.165) is 29.5 Å². The minimum atomic E-state index is -0.187. The Morgan fingerprint density at radius 1 is 1.33 bits per heavy atom. The van der Waals surface area contributed by atoms with Gasteiger partial charge in [-0.25, -0.2) is 0 Å². The molecule has 0 bridgehead atoms. The van der Waals surface area contributed by atoms with Crippen molar-refractivity contribution >= 4 is 11.9 Å². The van der Waals surface area contributed by atoms with Crippen LogP contribution >= 0.6 is 0 Å². The molecule has 0 saturated carbocycles. The number of hydrogen-bond donors (Lipinski definition) is 0. The zero-order valence-electron chi connectivity index (χ0n) is 13.0. The molecule has 0 aliphatic carbocycles. The number of amides is 1. The van der Waals surface area contributed by atoms with Crippen LogP contribution in [0, 0.1) is 19.8 Å². The number of carbonyl (C=O) groups excluding carboxylic acids is 2. The quantitative estimate of drug-likeness (QED) is 0.804. The lowest BCUT2D eigenvalue weighted by Crippen LogP contribution is -2.43. The Morgan fingerprint density at radius 2 is 2.10 bits per heavy atom. The summed E-state index contributed by atoms with van der Waals surface area (Å²) in [5.41, 5.74) is 2.86. The molecule has 2 rings (SSSR count).